The molecule has 0 fully saturated rings. The molecule has 5 nitrogen and oxygen atoms in total. The zero-order valence-corrected chi connectivity index (χ0v) is 19.8. The van der Waals surface area contributed by atoms with Crippen LogP contribution in [0.2, 0.25) is 5.02 Å². The number of anilines is 1. The number of carbonyl (C=O) groups excluding carboxylic acids is 1. The van der Waals surface area contributed by atoms with Gasteiger partial charge in [-0.1, -0.05) is 72.3 Å². The number of amides is 1. The fourth-order valence-electron chi connectivity index (χ4n) is 4.61. The molecular weight excluding hydrogens is 474 g/mol. The highest BCUT2D eigenvalue weighted by molar-refractivity contribution is 6.31. The Kier molecular flexibility index (Phi) is 5.55. The topological polar surface area (TPSA) is 59.8 Å². The van der Waals surface area contributed by atoms with Crippen molar-refractivity contribution in [2.45, 2.75) is 12.6 Å². The molecule has 0 radical (unpaired) electrons. The third-order valence-corrected chi connectivity index (χ3v) is 6.54. The smallest absolute Gasteiger partial charge is 0.295 e. The van der Waals surface area contributed by atoms with Gasteiger partial charge in [0.2, 0.25) is 5.76 Å². The summed E-state index contributed by atoms with van der Waals surface area (Å²) in [4.78, 5) is 28.8. The van der Waals surface area contributed by atoms with Crippen LogP contribution in [0.5, 0.6) is 5.75 Å². The predicted molar refractivity (Wildman–Crippen MR) is 140 cm³/mol. The standard InChI is InChI=1S/C30H20ClNO4/c31-21-9-6-10-22(17-21)32-27(20-13-15-23(16-14-20)35-18-19-7-2-1-3-8-19)26-28(33)24-11-4-5-12-25(24)36-29(26)30(32)34/h1-17,27H,18H2. The number of para-hydroxylation sites is 1. The lowest BCUT2D eigenvalue weighted by atomic mass is 9.98. The molecule has 0 aliphatic carbocycles. The highest BCUT2D eigenvalue weighted by Crippen LogP contribution is 2.42. The zero-order chi connectivity index (χ0) is 24.6. The van der Waals surface area contributed by atoms with Crippen LogP contribution in [0.25, 0.3) is 11.0 Å². The van der Waals surface area contributed by atoms with E-state index in [1.165, 1.54) is 0 Å². The predicted octanol–water partition coefficient (Wildman–Crippen LogP) is 6.78. The average Bonchev–Trinajstić information content (AvgIpc) is 3.21. The highest BCUT2D eigenvalue weighted by atomic mass is 35.5. The Morgan fingerprint density at radius 2 is 1.58 bits per heavy atom. The number of ether oxygens (including phenoxy) is 1. The summed E-state index contributed by atoms with van der Waals surface area (Å²) in [6.07, 6.45) is 0. The molecule has 0 saturated carbocycles. The Bertz CT molecular complexity index is 1640. The van der Waals surface area contributed by atoms with Crippen LogP contribution in [0.3, 0.4) is 0 Å². The van der Waals surface area contributed by atoms with E-state index < -0.39 is 6.04 Å². The number of benzene rings is 4. The van der Waals surface area contributed by atoms with Gasteiger partial charge in [-0.2, -0.15) is 0 Å². The number of nitrogens with zero attached hydrogens (tertiary/aromatic N) is 1. The lowest BCUT2D eigenvalue weighted by Crippen LogP contribution is -2.29. The summed E-state index contributed by atoms with van der Waals surface area (Å²) in [7, 11) is 0. The van der Waals surface area contributed by atoms with Gasteiger partial charge >= 0.3 is 0 Å². The Balaban J connectivity index is 1.44. The molecule has 6 heteroatoms. The molecule has 6 rings (SSSR count). The molecule has 176 valence electrons. The van der Waals surface area contributed by atoms with Crippen LogP contribution in [0.1, 0.15) is 33.3 Å². The van der Waals surface area contributed by atoms with Crippen molar-refractivity contribution in [1.82, 2.24) is 0 Å². The van der Waals surface area contributed by atoms with Gasteiger partial charge in [-0.3, -0.25) is 14.5 Å². The van der Waals surface area contributed by atoms with E-state index in [4.69, 9.17) is 20.8 Å². The summed E-state index contributed by atoms with van der Waals surface area (Å²) in [6.45, 7) is 0.440. The normalized spacial score (nSPS) is 14.8. The molecule has 1 unspecified atom stereocenters. The first-order valence-electron chi connectivity index (χ1n) is 11.5. The minimum Gasteiger partial charge on any atom is -0.489 e. The van der Waals surface area contributed by atoms with Crippen LogP contribution in [0.15, 0.2) is 112 Å². The van der Waals surface area contributed by atoms with Gasteiger partial charge in [-0.25, -0.2) is 0 Å². The fraction of sp³-hybridized carbons (Fsp3) is 0.0667. The second-order valence-electron chi connectivity index (χ2n) is 8.57. The molecular formula is C30H20ClNO4. The van der Waals surface area contributed by atoms with Gasteiger partial charge in [-0.05, 0) is 53.6 Å². The van der Waals surface area contributed by atoms with Crippen LogP contribution in [0, 0.1) is 0 Å². The van der Waals surface area contributed by atoms with Crippen molar-refractivity contribution >= 4 is 34.2 Å². The van der Waals surface area contributed by atoms with Gasteiger partial charge in [0.25, 0.3) is 5.91 Å². The summed E-state index contributed by atoms with van der Waals surface area (Å²) in [5, 5.41) is 0.925. The maximum atomic E-state index is 13.6. The number of hydrogen-bond acceptors (Lipinski definition) is 4. The molecule has 1 aromatic heterocycles. The quantitative estimate of drug-likeness (QED) is 0.271. The number of carbonyl (C=O) groups is 1. The minimum atomic E-state index is -0.671. The van der Waals surface area contributed by atoms with Gasteiger partial charge < -0.3 is 9.15 Å². The molecule has 2 heterocycles. The lowest BCUT2D eigenvalue weighted by Gasteiger charge is -2.25. The SMILES string of the molecule is O=C1c2oc3ccccc3c(=O)c2C(c2ccc(OCc3ccccc3)cc2)N1c1cccc(Cl)c1. The first kappa shape index (κ1) is 22.1. The molecule has 0 spiro atoms. The molecule has 4 aromatic carbocycles. The molecule has 0 saturated heterocycles. The van der Waals surface area contributed by atoms with E-state index in [9.17, 15) is 9.59 Å². The van der Waals surface area contributed by atoms with Crippen molar-refractivity contribution in [1.29, 1.82) is 0 Å². The van der Waals surface area contributed by atoms with Crippen molar-refractivity contribution in [2.75, 3.05) is 4.90 Å². The monoisotopic (exact) mass is 493 g/mol. The first-order valence-corrected chi connectivity index (χ1v) is 11.9. The Morgan fingerprint density at radius 1 is 0.833 bits per heavy atom. The first-order chi connectivity index (χ1) is 17.6. The van der Waals surface area contributed by atoms with Crippen molar-refractivity contribution in [3.05, 3.63) is 141 Å². The molecule has 1 aliphatic heterocycles. The maximum Gasteiger partial charge on any atom is 0.295 e. The minimum absolute atomic E-state index is 0.0491. The Hall–Kier alpha value is -4.35. The summed E-state index contributed by atoms with van der Waals surface area (Å²) >= 11 is 6.26. The molecule has 1 aliphatic rings. The average molecular weight is 494 g/mol. The number of hydrogen-bond donors (Lipinski definition) is 0. The molecule has 0 bridgehead atoms. The van der Waals surface area contributed by atoms with Gasteiger partial charge in [0.1, 0.15) is 17.9 Å². The molecule has 36 heavy (non-hydrogen) atoms. The van der Waals surface area contributed by atoms with Crippen LogP contribution in [-0.4, -0.2) is 5.91 Å². The van der Waals surface area contributed by atoms with E-state index in [1.54, 1.807) is 53.4 Å². The number of halogens is 1. The third kappa shape index (κ3) is 3.84. The summed E-state index contributed by atoms with van der Waals surface area (Å²) in [5.41, 5.74) is 2.88. The van der Waals surface area contributed by atoms with E-state index >= 15 is 0 Å². The molecule has 0 N–H and O–H groups in total. The highest BCUT2D eigenvalue weighted by Gasteiger charge is 2.43. The lowest BCUT2D eigenvalue weighted by molar-refractivity contribution is 0.0971. The van der Waals surface area contributed by atoms with E-state index in [0.29, 0.717) is 39.6 Å². The zero-order valence-electron chi connectivity index (χ0n) is 19.1. The van der Waals surface area contributed by atoms with Gasteiger partial charge in [0.15, 0.2) is 5.43 Å². The summed E-state index contributed by atoms with van der Waals surface area (Å²) < 4.78 is 11.9. The largest absolute Gasteiger partial charge is 0.489 e. The van der Waals surface area contributed by atoms with E-state index in [1.807, 2.05) is 54.6 Å². The van der Waals surface area contributed by atoms with Crippen LogP contribution >= 0.6 is 11.6 Å². The Labute approximate surface area is 212 Å². The van der Waals surface area contributed by atoms with Crippen molar-refractivity contribution in [3.8, 4) is 5.75 Å². The van der Waals surface area contributed by atoms with Gasteiger partial charge in [0, 0.05) is 10.7 Å². The molecule has 1 atom stereocenters. The second kappa shape index (κ2) is 9.02. The maximum absolute atomic E-state index is 13.6. The van der Waals surface area contributed by atoms with Gasteiger partial charge in [-0.15, -0.1) is 0 Å². The molecule has 1 amide bonds. The van der Waals surface area contributed by atoms with E-state index in [2.05, 4.69) is 0 Å². The van der Waals surface area contributed by atoms with E-state index in [-0.39, 0.29) is 17.1 Å². The Morgan fingerprint density at radius 3 is 2.36 bits per heavy atom. The fourth-order valence-corrected chi connectivity index (χ4v) is 4.80. The summed E-state index contributed by atoms with van der Waals surface area (Å²) in [5.74, 6) is 0.351. The van der Waals surface area contributed by atoms with Gasteiger partial charge in [0.05, 0.1) is 17.0 Å². The third-order valence-electron chi connectivity index (χ3n) is 6.31. The summed E-state index contributed by atoms with van der Waals surface area (Å²) in [6, 6.07) is 30.7. The second-order valence-corrected chi connectivity index (χ2v) is 9.01. The van der Waals surface area contributed by atoms with Crippen molar-refractivity contribution in [2.24, 2.45) is 0 Å². The molecule has 5 aromatic rings. The number of rotatable bonds is 5. The van der Waals surface area contributed by atoms with Crippen LogP contribution < -0.4 is 15.1 Å². The van der Waals surface area contributed by atoms with Crippen molar-refractivity contribution < 1.29 is 13.9 Å². The van der Waals surface area contributed by atoms with Crippen molar-refractivity contribution in [3.63, 3.8) is 0 Å². The van der Waals surface area contributed by atoms with E-state index in [0.717, 1.165) is 11.1 Å². The number of fused-ring (bicyclic) bond motifs is 2. The van der Waals surface area contributed by atoms with Crippen LogP contribution in [-0.2, 0) is 6.61 Å². The van der Waals surface area contributed by atoms with Crippen LogP contribution in [0.4, 0.5) is 5.69 Å².